The number of likely N-dealkylation sites (tertiary alicyclic amines) is 1. The van der Waals surface area contributed by atoms with E-state index in [4.69, 9.17) is 4.42 Å². The van der Waals surface area contributed by atoms with E-state index in [1.807, 2.05) is 12.3 Å². The highest BCUT2D eigenvalue weighted by molar-refractivity contribution is 7.13. The molecule has 1 saturated heterocycles. The molecule has 0 bridgehead atoms. The first-order valence-electron chi connectivity index (χ1n) is 10.0. The number of hydrogen-bond donors (Lipinski definition) is 1. The van der Waals surface area contributed by atoms with E-state index in [2.05, 4.69) is 10.3 Å². The molecule has 32 heavy (non-hydrogen) atoms. The number of rotatable bonds is 4. The Morgan fingerprint density at radius 1 is 1.19 bits per heavy atom. The Hall–Kier alpha value is -3.14. The van der Waals surface area contributed by atoms with Crippen LogP contribution in [-0.2, 0) is 11.0 Å². The molecule has 1 aliphatic heterocycles. The summed E-state index contributed by atoms with van der Waals surface area (Å²) in [5.74, 6) is -0.444. The molecule has 1 fully saturated rings. The van der Waals surface area contributed by atoms with Crippen molar-refractivity contribution in [1.82, 2.24) is 9.88 Å². The van der Waals surface area contributed by atoms with Crippen LogP contribution >= 0.6 is 11.3 Å². The summed E-state index contributed by atoms with van der Waals surface area (Å²) in [7, 11) is 0. The molecule has 4 rings (SSSR count). The Balaban J connectivity index is 1.37. The number of alkyl halides is 3. The van der Waals surface area contributed by atoms with Crippen LogP contribution in [0.25, 0.3) is 11.3 Å². The fourth-order valence-corrected chi connectivity index (χ4v) is 4.27. The average Bonchev–Trinajstić information content (AvgIpc) is 3.42. The number of benzene rings is 1. The van der Waals surface area contributed by atoms with Crippen LogP contribution in [0.3, 0.4) is 0 Å². The van der Waals surface area contributed by atoms with Crippen LogP contribution in [0.15, 0.2) is 46.2 Å². The zero-order chi connectivity index (χ0) is 22.9. The van der Waals surface area contributed by atoms with Crippen molar-refractivity contribution in [2.75, 3.05) is 18.4 Å². The predicted molar refractivity (Wildman–Crippen MR) is 113 cm³/mol. The van der Waals surface area contributed by atoms with E-state index < -0.39 is 11.7 Å². The average molecular weight is 463 g/mol. The summed E-state index contributed by atoms with van der Waals surface area (Å²) in [6.07, 6.45) is -3.46. The molecule has 1 aliphatic rings. The van der Waals surface area contributed by atoms with Gasteiger partial charge in [0.1, 0.15) is 5.76 Å². The highest BCUT2D eigenvalue weighted by Crippen LogP contribution is 2.33. The minimum Gasteiger partial charge on any atom is -0.451 e. The number of amides is 2. The monoisotopic (exact) mass is 463 g/mol. The second-order valence-electron chi connectivity index (χ2n) is 7.59. The summed E-state index contributed by atoms with van der Waals surface area (Å²) in [5.41, 5.74) is 0.299. The van der Waals surface area contributed by atoms with Gasteiger partial charge >= 0.3 is 6.18 Å². The zero-order valence-corrected chi connectivity index (χ0v) is 17.9. The molecule has 0 aliphatic carbocycles. The van der Waals surface area contributed by atoms with Gasteiger partial charge < -0.3 is 14.6 Å². The lowest BCUT2D eigenvalue weighted by Gasteiger charge is -2.30. The lowest BCUT2D eigenvalue weighted by molar-refractivity contribution is -0.137. The zero-order valence-electron chi connectivity index (χ0n) is 17.1. The van der Waals surface area contributed by atoms with Crippen molar-refractivity contribution in [2.24, 2.45) is 5.92 Å². The van der Waals surface area contributed by atoms with Crippen molar-refractivity contribution in [3.05, 3.63) is 58.8 Å². The molecular weight excluding hydrogens is 443 g/mol. The number of piperidine rings is 1. The molecular formula is C22H20F3N3O3S. The lowest BCUT2D eigenvalue weighted by atomic mass is 9.96. The first-order valence-corrected chi connectivity index (χ1v) is 10.9. The number of hydrogen-bond acceptors (Lipinski definition) is 5. The van der Waals surface area contributed by atoms with Crippen molar-refractivity contribution in [3.63, 3.8) is 0 Å². The van der Waals surface area contributed by atoms with E-state index in [0.29, 0.717) is 31.1 Å². The minimum atomic E-state index is -4.46. The third kappa shape index (κ3) is 4.85. The number of halogens is 3. The van der Waals surface area contributed by atoms with Gasteiger partial charge in [0, 0.05) is 30.0 Å². The van der Waals surface area contributed by atoms with Crippen molar-refractivity contribution in [3.8, 4) is 11.3 Å². The van der Waals surface area contributed by atoms with Gasteiger partial charge in [-0.05, 0) is 44.0 Å². The first kappa shape index (κ1) is 22.1. The largest absolute Gasteiger partial charge is 0.451 e. The number of nitrogens with one attached hydrogen (secondary N) is 1. The number of anilines is 1. The topological polar surface area (TPSA) is 75.4 Å². The maximum atomic E-state index is 12.9. The summed E-state index contributed by atoms with van der Waals surface area (Å²) in [5, 5.41) is 5.23. The molecule has 0 spiro atoms. The molecule has 1 N–H and O–H groups in total. The van der Waals surface area contributed by atoms with E-state index >= 15 is 0 Å². The van der Waals surface area contributed by atoms with E-state index in [1.165, 1.54) is 35.6 Å². The molecule has 1 aromatic carbocycles. The normalized spacial score (nSPS) is 15.1. The smallest absolute Gasteiger partial charge is 0.416 e. The SMILES string of the molecule is Cc1csc(NC(=O)C2CCN(C(=O)c3ccc(-c4cccc(C(F)(F)F)c4)o3)CC2)n1. The van der Waals surface area contributed by atoms with Crippen LogP contribution in [0.2, 0.25) is 0 Å². The standard InChI is InChI=1S/C22H20F3N3O3S/c1-13-12-32-21(26-13)27-19(29)14-7-9-28(10-8-14)20(30)18-6-5-17(31-18)15-3-2-4-16(11-15)22(23,24)25/h2-6,11-12,14H,7-10H2,1H3,(H,26,27,29). The van der Waals surface area contributed by atoms with Crippen LogP contribution in [0.4, 0.5) is 18.3 Å². The van der Waals surface area contributed by atoms with Crippen LogP contribution in [0.5, 0.6) is 0 Å². The molecule has 168 valence electrons. The Morgan fingerprint density at radius 2 is 1.94 bits per heavy atom. The van der Waals surface area contributed by atoms with Crippen molar-refractivity contribution >= 4 is 28.3 Å². The molecule has 0 radical (unpaired) electrons. The molecule has 0 unspecified atom stereocenters. The Labute approximate surface area is 186 Å². The molecule has 2 amide bonds. The number of thiazole rings is 1. The fourth-order valence-electron chi connectivity index (χ4n) is 3.58. The summed E-state index contributed by atoms with van der Waals surface area (Å²) < 4.78 is 44.4. The summed E-state index contributed by atoms with van der Waals surface area (Å²) >= 11 is 1.36. The van der Waals surface area contributed by atoms with Crippen LogP contribution in [0, 0.1) is 12.8 Å². The van der Waals surface area contributed by atoms with Gasteiger partial charge in [0.05, 0.1) is 11.3 Å². The van der Waals surface area contributed by atoms with E-state index in [-0.39, 0.29) is 34.8 Å². The molecule has 0 atom stereocenters. The van der Waals surface area contributed by atoms with E-state index in [1.54, 1.807) is 4.90 Å². The number of carbonyl (C=O) groups is 2. The van der Waals surface area contributed by atoms with Crippen LogP contribution in [0.1, 0.15) is 34.7 Å². The van der Waals surface area contributed by atoms with Gasteiger partial charge in [0.2, 0.25) is 5.91 Å². The van der Waals surface area contributed by atoms with Gasteiger partial charge in [-0.1, -0.05) is 12.1 Å². The Kier molecular flexibility index (Phi) is 6.05. The van der Waals surface area contributed by atoms with Gasteiger partial charge in [-0.25, -0.2) is 4.98 Å². The Morgan fingerprint density at radius 3 is 2.59 bits per heavy atom. The number of aromatic nitrogens is 1. The number of aryl methyl sites for hydroxylation is 1. The fraction of sp³-hybridized carbons (Fsp3) is 0.318. The molecule has 3 aromatic rings. The number of carbonyl (C=O) groups excluding carboxylic acids is 2. The number of furan rings is 1. The minimum absolute atomic E-state index is 0.0542. The van der Waals surface area contributed by atoms with Gasteiger partial charge in [0.25, 0.3) is 5.91 Å². The van der Waals surface area contributed by atoms with Crippen LogP contribution < -0.4 is 5.32 Å². The molecule has 0 saturated carbocycles. The third-order valence-corrected chi connectivity index (χ3v) is 6.17. The summed E-state index contributed by atoms with van der Waals surface area (Å²) in [6.45, 7) is 2.62. The molecule has 3 heterocycles. The third-order valence-electron chi connectivity index (χ3n) is 5.29. The second kappa shape index (κ2) is 8.78. The predicted octanol–water partition coefficient (Wildman–Crippen LogP) is 5.22. The highest BCUT2D eigenvalue weighted by Gasteiger charge is 2.31. The van der Waals surface area contributed by atoms with Gasteiger partial charge in [-0.2, -0.15) is 13.2 Å². The quantitative estimate of drug-likeness (QED) is 0.576. The Bertz CT molecular complexity index is 1130. The lowest BCUT2D eigenvalue weighted by Crippen LogP contribution is -2.41. The van der Waals surface area contributed by atoms with Crippen LogP contribution in [-0.4, -0.2) is 34.8 Å². The second-order valence-corrected chi connectivity index (χ2v) is 8.45. The maximum Gasteiger partial charge on any atom is 0.416 e. The first-order chi connectivity index (χ1) is 15.2. The maximum absolute atomic E-state index is 12.9. The van der Waals surface area contributed by atoms with Crippen molar-refractivity contribution in [2.45, 2.75) is 25.9 Å². The summed E-state index contributed by atoms with van der Waals surface area (Å²) in [4.78, 5) is 31.0. The highest BCUT2D eigenvalue weighted by atomic mass is 32.1. The van der Waals surface area contributed by atoms with Crippen molar-refractivity contribution < 1.29 is 27.2 Å². The van der Waals surface area contributed by atoms with E-state index in [9.17, 15) is 22.8 Å². The van der Waals surface area contributed by atoms with Gasteiger partial charge in [0.15, 0.2) is 10.9 Å². The van der Waals surface area contributed by atoms with Gasteiger partial charge in [-0.15, -0.1) is 11.3 Å². The van der Waals surface area contributed by atoms with Crippen molar-refractivity contribution in [1.29, 1.82) is 0 Å². The van der Waals surface area contributed by atoms with Gasteiger partial charge in [-0.3, -0.25) is 9.59 Å². The molecule has 2 aromatic heterocycles. The summed E-state index contributed by atoms with van der Waals surface area (Å²) in [6, 6.07) is 7.71. The molecule has 6 nitrogen and oxygen atoms in total. The molecule has 10 heteroatoms. The number of nitrogens with zero attached hydrogens (tertiary/aromatic N) is 2. The van der Waals surface area contributed by atoms with E-state index in [0.717, 1.165) is 17.8 Å².